The van der Waals surface area contributed by atoms with Crippen molar-refractivity contribution in [3.05, 3.63) is 56.7 Å². The molecule has 0 fully saturated rings. The summed E-state index contributed by atoms with van der Waals surface area (Å²) in [6, 6.07) is 11.4. The van der Waals surface area contributed by atoms with Crippen molar-refractivity contribution in [2.75, 3.05) is 5.75 Å². The Morgan fingerprint density at radius 3 is 2.68 bits per heavy atom. The lowest BCUT2D eigenvalue weighted by molar-refractivity contribution is 0.139. The molecule has 25 heavy (non-hydrogen) atoms. The number of benzene rings is 1. The third-order valence-corrected chi connectivity index (χ3v) is 5.53. The summed E-state index contributed by atoms with van der Waals surface area (Å²) in [4.78, 5) is 13.9. The molecule has 0 saturated heterocycles. The molecule has 0 bridgehead atoms. The molecule has 1 aromatic heterocycles. The van der Waals surface area contributed by atoms with Crippen LogP contribution in [0.5, 0.6) is 0 Å². The highest BCUT2D eigenvalue weighted by atomic mass is 35.5. The second kappa shape index (κ2) is 10.1. The van der Waals surface area contributed by atoms with E-state index in [1.807, 2.05) is 30.0 Å². The molecule has 134 valence electrons. The van der Waals surface area contributed by atoms with Crippen molar-refractivity contribution in [3.63, 3.8) is 0 Å². The lowest BCUT2D eigenvalue weighted by Crippen LogP contribution is -2.23. The third-order valence-electron chi connectivity index (χ3n) is 2.99. The number of thioether (sulfide) groups is 1. The van der Waals surface area contributed by atoms with Crippen LogP contribution in [0.4, 0.5) is 4.79 Å². The maximum atomic E-state index is 11.7. The van der Waals surface area contributed by atoms with Gasteiger partial charge in [0.1, 0.15) is 5.71 Å². The van der Waals surface area contributed by atoms with Crippen molar-refractivity contribution in [1.82, 2.24) is 5.43 Å². The molecule has 1 aromatic carbocycles. The van der Waals surface area contributed by atoms with Crippen molar-refractivity contribution >= 4 is 58.1 Å². The summed E-state index contributed by atoms with van der Waals surface area (Å²) < 4.78 is 4.84. The summed E-state index contributed by atoms with van der Waals surface area (Å²) in [5.74, 6) is 2.02. The number of nitrogens with one attached hydrogen (secondary N) is 1. The minimum atomic E-state index is -0.728. The Hall–Kier alpha value is -1.21. The number of halogens is 2. The highest BCUT2D eigenvalue weighted by Crippen LogP contribution is 2.25. The molecule has 0 radical (unpaired) electrons. The number of alkyl halides is 1. The zero-order valence-electron chi connectivity index (χ0n) is 13.8. The van der Waals surface area contributed by atoms with E-state index < -0.39 is 11.7 Å². The molecular formula is C17H18Cl2N2O2S2. The number of hydrogen-bond acceptors (Lipinski definition) is 5. The van der Waals surface area contributed by atoms with Gasteiger partial charge in [-0.05, 0) is 36.9 Å². The highest BCUT2D eigenvalue weighted by Gasteiger charge is 2.13. The van der Waals surface area contributed by atoms with Gasteiger partial charge in [-0.15, -0.1) is 11.3 Å². The number of rotatable bonds is 7. The average molecular weight is 417 g/mol. The fraction of sp³-hybridized carbons (Fsp3) is 0.294. The first-order chi connectivity index (χ1) is 12.0. The number of amides is 1. The van der Waals surface area contributed by atoms with Crippen molar-refractivity contribution in [1.29, 1.82) is 0 Å². The van der Waals surface area contributed by atoms with Gasteiger partial charge in [-0.25, -0.2) is 10.2 Å². The van der Waals surface area contributed by atoms with E-state index in [1.54, 1.807) is 30.4 Å². The lowest BCUT2D eigenvalue weighted by Gasteiger charge is -2.08. The van der Waals surface area contributed by atoms with E-state index in [9.17, 15) is 4.79 Å². The molecule has 1 heterocycles. The summed E-state index contributed by atoms with van der Waals surface area (Å²) in [6.45, 7) is 3.69. The average Bonchev–Trinajstić information content (AvgIpc) is 3.02. The Bertz CT molecular complexity index is 731. The fourth-order valence-electron chi connectivity index (χ4n) is 1.93. The van der Waals surface area contributed by atoms with E-state index in [-0.39, 0.29) is 0 Å². The molecule has 0 spiro atoms. The van der Waals surface area contributed by atoms with Crippen LogP contribution in [0.3, 0.4) is 0 Å². The van der Waals surface area contributed by atoms with E-state index >= 15 is 0 Å². The van der Waals surface area contributed by atoms with Crippen molar-refractivity contribution in [2.24, 2.45) is 5.10 Å². The van der Waals surface area contributed by atoms with E-state index in [2.05, 4.69) is 23.5 Å². The molecular weight excluding hydrogens is 399 g/mol. The van der Waals surface area contributed by atoms with Gasteiger partial charge < -0.3 is 4.74 Å². The second-order valence-electron chi connectivity index (χ2n) is 4.93. The van der Waals surface area contributed by atoms with Gasteiger partial charge in [0.25, 0.3) is 0 Å². The molecule has 4 nitrogen and oxygen atoms in total. The van der Waals surface area contributed by atoms with E-state index in [1.165, 1.54) is 4.88 Å². The van der Waals surface area contributed by atoms with Gasteiger partial charge in [0.2, 0.25) is 0 Å². The van der Waals surface area contributed by atoms with Crippen LogP contribution in [0, 0.1) is 0 Å². The van der Waals surface area contributed by atoms with Crippen LogP contribution >= 0.6 is 46.3 Å². The molecule has 1 N–H and O–H groups in total. The smallest absolute Gasteiger partial charge is 0.429 e. The summed E-state index contributed by atoms with van der Waals surface area (Å²) in [7, 11) is 0. The van der Waals surface area contributed by atoms with Crippen LogP contribution < -0.4 is 5.43 Å². The van der Waals surface area contributed by atoms with Gasteiger partial charge in [-0.2, -0.15) is 16.9 Å². The molecule has 2 rings (SSSR count). The number of thiophene rings is 1. The van der Waals surface area contributed by atoms with Crippen molar-refractivity contribution < 1.29 is 9.53 Å². The first-order valence-electron chi connectivity index (χ1n) is 7.60. The van der Waals surface area contributed by atoms with E-state index in [0.29, 0.717) is 10.7 Å². The van der Waals surface area contributed by atoms with Crippen LogP contribution in [0.15, 0.2) is 41.5 Å². The third kappa shape index (κ3) is 6.55. The number of carbonyl (C=O) groups is 1. The van der Waals surface area contributed by atoms with Gasteiger partial charge in [0.05, 0.1) is 4.88 Å². The molecule has 0 aliphatic heterocycles. The fourth-order valence-corrected chi connectivity index (χ4v) is 3.94. The van der Waals surface area contributed by atoms with E-state index in [4.69, 9.17) is 27.9 Å². The summed E-state index contributed by atoms with van der Waals surface area (Å²) in [6.07, 6.45) is -0.702. The number of ether oxygens (including phenoxy) is 1. The molecule has 1 unspecified atom stereocenters. The molecule has 0 saturated carbocycles. The number of nitrogens with zero attached hydrogens (tertiary/aromatic N) is 1. The Morgan fingerprint density at radius 2 is 2.04 bits per heavy atom. The quantitative estimate of drug-likeness (QED) is 0.356. The van der Waals surface area contributed by atoms with Gasteiger partial charge in [0, 0.05) is 21.2 Å². The van der Waals surface area contributed by atoms with Crippen molar-refractivity contribution in [3.8, 4) is 0 Å². The van der Waals surface area contributed by atoms with Crippen LogP contribution in [-0.4, -0.2) is 23.1 Å². The first kappa shape index (κ1) is 20.1. The Balaban J connectivity index is 2.27. The van der Waals surface area contributed by atoms with Gasteiger partial charge >= 0.3 is 6.09 Å². The molecule has 2 aromatic rings. The monoisotopic (exact) mass is 416 g/mol. The zero-order valence-corrected chi connectivity index (χ0v) is 16.9. The van der Waals surface area contributed by atoms with Gasteiger partial charge in [-0.1, -0.05) is 42.3 Å². The summed E-state index contributed by atoms with van der Waals surface area (Å²) >= 11 is 15.1. The zero-order chi connectivity index (χ0) is 18.2. The minimum Gasteiger partial charge on any atom is -0.429 e. The molecule has 1 atom stereocenters. The maximum absolute atomic E-state index is 11.7. The Morgan fingerprint density at radius 1 is 1.32 bits per heavy atom. The topological polar surface area (TPSA) is 50.7 Å². The van der Waals surface area contributed by atoms with Crippen LogP contribution in [0.1, 0.15) is 29.2 Å². The number of carbonyl (C=O) groups excluding carboxylic acids is 1. The molecule has 1 amide bonds. The normalized spacial score (nSPS) is 12.7. The standard InChI is InChI=1S/C17H18Cl2N2O2S2/c1-3-24-10-14-8-9-15(25-14)16(12-4-6-13(19)7-5-12)20-21-17(22)23-11(2)18/h4-9,11H,3,10H2,1-2H3,(H,21,22). The first-order valence-corrected chi connectivity index (χ1v) is 10.4. The summed E-state index contributed by atoms with van der Waals surface area (Å²) in [5, 5.41) is 4.87. The van der Waals surface area contributed by atoms with Gasteiger partial charge in [0.15, 0.2) is 5.56 Å². The molecule has 0 aliphatic rings. The number of hydrogen-bond donors (Lipinski definition) is 1. The van der Waals surface area contributed by atoms with Gasteiger partial charge in [-0.3, -0.25) is 0 Å². The van der Waals surface area contributed by atoms with Crippen molar-refractivity contribution in [2.45, 2.75) is 25.2 Å². The van der Waals surface area contributed by atoms with E-state index in [0.717, 1.165) is 21.9 Å². The number of hydrazone groups is 1. The molecule has 8 heteroatoms. The lowest BCUT2D eigenvalue weighted by atomic mass is 10.1. The Kier molecular flexibility index (Phi) is 8.09. The summed E-state index contributed by atoms with van der Waals surface area (Å²) in [5.41, 5.74) is 3.16. The van der Waals surface area contributed by atoms with Crippen LogP contribution in [-0.2, 0) is 10.5 Å². The minimum absolute atomic E-state index is 0.637. The van der Waals surface area contributed by atoms with Crippen LogP contribution in [0.25, 0.3) is 0 Å². The maximum Gasteiger partial charge on any atom is 0.429 e. The SMILES string of the molecule is CCSCc1ccc(C(=NNC(=O)OC(C)Cl)c2ccc(Cl)cc2)s1. The van der Waals surface area contributed by atoms with Crippen LogP contribution in [0.2, 0.25) is 5.02 Å². The largest absolute Gasteiger partial charge is 0.429 e. The predicted octanol–water partition coefficient (Wildman–Crippen LogP) is 5.72. The predicted molar refractivity (Wildman–Crippen MR) is 108 cm³/mol. The highest BCUT2D eigenvalue weighted by molar-refractivity contribution is 7.98. The second-order valence-corrected chi connectivity index (χ2v) is 8.42. The molecule has 0 aliphatic carbocycles. The Labute approximate surface area is 165 Å².